The van der Waals surface area contributed by atoms with Crippen LogP contribution < -0.4 is 10.6 Å². The maximum atomic E-state index is 12.4. The van der Waals surface area contributed by atoms with Gasteiger partial charge in [0.15, 0.2) is 0 Å². The molecule has 1 aromatic heterocycles. The van der Waals surface area contributed by atoms with Gasteiger partial charge < -0.3 is 20.5 Å². The summed E-state index contributed by atoms with van der Waals surface area (Å²) in [4.78, 5) is 40.6. The van der Waals surface area contributed by atoms with Gasteiger partial charge in [-0.05, 0) is 36.1 Å². The van der Waals surface area contributed by atoms with Crippen molar-refractivity contribution in [1.29, 1.82) is 0 Å². The van der Waals surface area contributed by atoms with Crippen molar-refractivity contribution in [2.24, 2.45) is 0 Å². The lowest BCUT2D eigenvalue weighted by molar-refractivity contribution is -0.137. The van der Waals surface area contributed by atoms with Gasteiger partial charge in [-0.25, -0.2) is 9.78 Å². The van der Waals surface area contributed by atoms with Crippen molar-refractivity contribution in [2.45, 2.75) is 38.6 Å². The summed E-state index contributed by atoms with van der Waals surface area (Å²) in [5.41, 5.74) is 4.94. The maximum Gasteiger partial charge on any atom is 0.407 e. The highest BCUT2D eigenvalue weighted by Crippen LogP contribution is 2.44. The number of nitrogens with one attached hydrogen (secondary N) is 2. The van der Waals surface area contributed by atoms with E-state index in [2.05, 4.69) is 39.9 Å². The van der Waals surface area contributed by atoms with Crippen LogP contribution in [-0.2, 0) is 16.0 Å². The van der Waals surface area contributed by atoms with Crippen LogP contribution in [0.1, 0.15) is 50.8 Å². The first-order chi connectivity index (χ1) is 16.8. The van der Waals surface area contributed by atoms with Gasteiger partial charge in [-0.2, -0.15) is 0 Å². The molecule has 0 fully saturated rings. The van der Waals surface area contributed by atoms with Crippen LogP contribution in [0.15, 0.2) is 48.5 Å². The number of nitrogens with zero attached hydrogens (tertiary/aromatic N) is 1. The molecule has 182 valence electrons. The topological polar surface area (TPSA) is 118 Å². The number of hydrogen-bond acceptors (Lipinski definition) is 6. The SMILES string of the molecule is Cc1sc(CCNC(=O)OCC2c3ccccc3-c3ccccc32)nc1C(=O)N[C@H](C)CC(=O)O. The summed E-state index contributed by atoms with van der Waals surface area (Å²) in [6.45, 7) is 3.99. The summed E-state index contributed by atoms with van der Waals surface area (Å²) in [7, 11) is 0. The Morgan fingerprint density at radius 2 is 1.71 bits per heavy atom. The van der Waals surface area contributed by atoms with Crippen molar-refractivity contribution in [1.82, 2.24) is 15.6 Å². The number of aromatic nitrogens is 1. The number of carbonyl (C=O) groups is 3. The van der Waals surface area contributed by atoms with Crippen LogP contribution in [0.25, 0.3) is 11.1 Å². The fourth-order valence-electron chi connectivity index (χ4n) is 4.29. The number of alkyl carbamates (subject to hydrolysis) is 1. The second-order valence-corrected chi connectivity index (χ2v) is 9.77. The Labute approximate surface area is 207 Å². The third kappa shape index (κ3) is 5.68. The molecule has 2 aromatic carbocycles. The lowest BCUT2D eigenvalue weighted by Gasteiger charge is -2.14. The summed E-state index contributed by atoms with van der Waals surface area (Å²) in [6.07, 6.45) is -0.208. The minimum Gasteiger partial charge on any atom is -0.481 e. The summed E-state index contributed by atoms with van der Waals surface area (Å²) in [5, 5.41) is 15.0. The van der Waals surface area contributed by atoms with Crippen LogP contribution in [0.2, 0.25) is 0 Å². The van der Waals surface area contributed by atoms with Gasteiger partial charge in [0.05, 0.1) is 11.4 Å². The number of aliphatic carboxylic acids is 1. The number of amides is 2. The molecule has 3 aromatic rings. The zero-order valence-electron chi connectivity index (χ0n) is 19.5. The molecule has 0 unspecified atom stereocenters. The van der Waals surface area contributed by atoms with Crippen molar-refractivity contribution in [2.75, 3.05) is 13.2 Å². The molecule has 1 aliphatic carbocycles. The van der Waals surface area contributed by atoms with Gasteiger partial charge >= 0.3 is 12.1 Å². The fraction of sp³-hybridized carbons (Fsp3) is 0.308. The van der Waals surface area contributed by atoms with Gasteiger partial charge in [-0.15, -0.1) is 11.3 Å². The molecule has 8 nitrogen and oxygen atoms in total. The zero-order chi connectivity index (χ0) is 24.9. The third-order valence-corrected chi connectivity index (χ3v) is 6.90. The first-order valence-corrected chi connectivity index (χ1v) is 12.2. The number of hydrogen-bond donors (Lipinski definition) is 3. The van der Waals surface area contributed by atoms with Crippen LogP contribution in [0.4, 0.5) is 4.79 Å². The lowest BCUT2D eigenvalue weighted by Crippen LogP contribution is -2.34. The van der Waals surface area contributed by atoms with Gasteiger partial charge in [0.1, 0.15) is 12.3 Å². The average molecular weight is 494 g/mol. The Morgan fingerprint density at radius 3 is 2.34 bits per heavy atom. The maximum absolute atomic E-state index is 12.4. The summed E-state index contributed by atoms with van der Waals surface area (Å²) in [6, 6.07) is 15.8. The van der Waals surface area contributed by atoms with E-state index in [1.807, 2.05) is 24.3 Å². The number of carbonyl (C=O) groups excluding carboxylic acids is 2. The molecule has 0 bridgehead atoms. The number of ether oxygens (including phenoxy) is 1. The molecular formula is C26H27N3O5S. The largest absolute Gasteiger partial charge is 0.481 e. The molecule has 0 radical (unpaired) electrons. The number of benzene rings is 2. The van der Waals surface area contributed by atoms with E-state index in [9.17, 15) is 14.4 Å². The minimum absolute atomic E-state index is 0.000601. The molecule has 9 heteroatoms. The highest BCUT2D eigenvalue weighted by molar-refractivity contribution is 7.11. The molecular weight excluding hydrogens is 466 g/mol. The predicted octanol–water partition coefficient (Wildman–Crippen LogP) is 4.13. The molecule has 0 saturated carbocycles. The van der Waals surface area contributed by atoms with E-state index in [4.69, 9.17) is 9.84 Å². The Balaban J connectivity index is 1.27. The van der Waals surface area contributed by atoms with E-state index in [0.29, 0.717) is 18.0 Å². The molecule has 4 rings (SSSR count). The molecule has 0 spiro atoms. The number of aryl methyl sites for hydroxylation is 1. The summed E-state index contributed by atoms with van der Waals surface area (Å²) >= 11 is 1.37. The standard InChI is InChI=1S/C26H27N3O5S/c1-15(13-23(30)31)28-25(32)24-16(2)35-22(29-24)11-12-27-26(33)34-14-21-19-9-5-3-7-17(19)18-8-4-6-10-20(18)21/h3-10,15,21H,11-14H2,1-2H3,(H,27,33)(H,28,32)(H,30,31)/t15-/m1/s1. The normalized spacial score (nSPS) is 13.0. The second-order valence-electron chi connectivity index (χ2n) is 8.49. The van der Waals surface area contributed by atoms with E-state index in [1.165, 1.54) is 22.5 Å². The Morgan fingerprint density at radius 1 is 1.09 bits per heavy atom. The van der Waals surface area contributed by atoms with Gasteiger partial charge in [0.25, 0.3) is 5.91 Å². The third-order valence-electron chi connectivity index (χ3n) is 5.87. The molecule has 35 heavy (non-hydrogen) atoms. The van der Waals surface area contributed by atoms with Crippen molar-refractivity contribution in [3.05, 3.63) is 75.2 Å². The van der Waals surface area contributed by atoms with Crippen molar-refractivity contribution >= 4 is 29.3 Å². The van der Waals surface area contributed by atoms with Crippen LogP contribution in [-0.4, -0.2) is 47.3 Å². The summed E-state index contributed by atoms with van der Waals surface area (Å²) < 4.78 is 5.54. The number of rotatable bonds is 9. The number of fused-ring (bicyclic) bond motifs is 3. The van der Waals surface area contributed by atoms with Crippen LogP contribution in [0.3, 0.4) is 0 Å². The van der Waals surface area contributed by atoms with Gasteiger partial charge in [-0.1, -0.05) is 48.5 Å². The molecule has 2 amide bonds. The highest BCUT2D eigenvalue weighted by atomic mass is 32.1. The molecule has 0 saturated heterocycles. The Bertz CT molecular complexity index is 1210. The number of carboxylic acid groups (broad SMARTS) is 1. The van der Waals surface area contributed by atoms with Gasteiger partial charge in [0.2, 0.25) is 0 Å². The fourth-order valence-corrected chi connectivity index (χ4v) is 5.22. The summed E-state index contributed by atoms with van der Waals surface area (Å²) in [5.74, 6) is -1.38. The van der Waals surface area contributed by atoms with Crippen molar-refractivity contribution in [3.8, 4) is 11.1 Å². The van der Waals surface area contributed by atoms with E-state index in [1.54, 1.807) is 13.8 Å². The van der Waals surface area contributed by atoms with Crippen LogP contribution in [0.5, 0.6) is 0 Å². The smallest absolute Gasteiger partial charge is 0.407 e. The van der Waals surface area contributed by atoms with Crippen molar-refractivity contribution < 1.29 is 24.2 Å². The molecule has 3 N–H and O–H groups in total. The minimum atomic E-state index is -0.979. The van der Waals surface area contributed by atoms with E-state index < -0.39 is 24.0 Å². The Hall–Kier alpha value is -3.72. The highest BCUT2D eigenvalue weighted by Gasteiger charge is 2.29. The van der Waals surface area contributed by atoms with Crippen LogP contribution in [0, 0.1) is 6.92 Å². The second kappa shape index (κ2) is 10.7. The number of carboxylic acids is 1. The van der Waals surface area contributed by atoms with Gasteiger partial charge in [-0.3, -0.25) is 9.59 Å². The molecule has 1 atom stereocenters. The quantitative estimate of drug-likeness (QED) is 0.413. The molecule has 1 heterocycles. The van der Waals surface area contributed by atoms with E-state index in [-0.39, 0.29) is 24.6 Å². The van der Waals surface area contributed by atoms with E-state index in [0.717, 1.165) is 16.0 Å². The molecule has 0 aliphatic heterocycles. The van der Waals surface area contributed by atoms with Gasteiger partial charge in [0, 0.05) is 29.8 Å². The predicted molar refractivity (Wildman–Crippen MR) is 133 cm³/mol. The first kappa shape index (κ1) is 24.4. The Kier molecular flexibility index (Phi) is 7.45. The lowest BCUT2D eigenvalue weighted by atomic mass is 9.98. The average Bonchev–Trinajstić information content (AvgIpc) is 3.34. The monoisotopic (exact) mass is 493 g/mol. The first-order valence-electron chi connectivity index (χ1n) is 11.4. The van der Waals surface area contributed by atoms with Crippen molar-refractivity contribution in [3.63, 3.8) is 0 Å². The molecule has 1 aliphatic rings. The number of thiazole rings is 1. The van der Waals surface area contributed by atoms with E-state index >= 15 is 0 Å². The zero-order valence-corrected chi connectivity index (χ0v) is 20.4. The van der Waals surface area contributed by atoms with Crippen LogP contribution >= 0.6 is 11.3 Å².